The second-order valence-electron chi connectivity index (χ2n) is 8.24. The Morgan fingerprint density at radius 3 is 2.79 bits per heavy atom. The van der Waals surface area contributed by atoms with Gasteiger partial charge in [-0.15, -0.1) is 0 Å². The summed E-state index contributed by atoms with van der Waals surface area (Å²) in [5.74, 6) is 1.12. The summed E-state index contributed by atoms with van der Waals surface area (Å²) in [6.45, 7) is 5.05. The summed E-state index contributed by atoms with van der Waals surface area (Å²) in [5, 5.41) is 10.6. The molecule has 0 saturated carbocycles. The molecule has 1 saturated heterocycles. The maximum Gasteiger partial charge on any atom is 0.241 e. The molecule has 2 aliphatic heterocycles. The predicted molar refractivity (Wildman–Crippen MR) is 109 cm³/mol. The van der Waals surface area contributed by atoms with Gasteiger partial charge < -0.3 is 14.6 Å². The molecule has 2 aliphatic rings. The van der Waals surface area contributed by atoms with Gasteiger partial charge in [0, 0.05) is 31.7 Å². The van der Waals surface area contributed by atoms with Crippen molar-refractivity contribution in [3.05, 3.63) is 47.5 Å². The first-order valence-corrected chi connectivity index (χ1v) is 10.3. The Kier molecular flexibility index (Phi) is 5.51. The molecule has 4 rings (SSSR count). The summed E-state index contributed by atoms with van der Waals surface area (Å²) in [6, 6.07) is 6.39. The maximum atomic E-state index is 13.0. The minimum absolute atomic E-state index is 0.188. The molecule has 1 amide bonds. The SMILES string of the molecule is Cc1ccc2c(c1)CCCN2C(=O)CN1CCC(C(O)c2nccn2C)CC1. The van der Waals surface area contributed by atoms with Crippen LogP contribution in [-0.2, 0) is 18.3 Å². The number of carbonyl (C=O) groups is 1. The van der Waals surface area contributed by atoms with Gasteiger partial charge in [-0.3, -0.25) is 9.69 Å². The third-order valence-electron chi connectivity index (χ3n) is 6.22. The van der Waals surface area contributed by atoms with Crippen LogP contribution in [0.15, 0.2) is 30.6 Å². The number of hydrogen-bond donors (Lipinski definition) is 1. The zero-order valence-corrected chi connectivity index (χ0v) is 16.8. The monoisotopic (exact) mass is 382 g/mol. The van der Waals surface area contributed by atoms with E-state index in [4.69, 9.17) is 0 Å². The second-order valence-corrected chi connectivity index (χ2v) is 8.24. The molecule has 1 aromatic carbocycles. The lowest BCUT2D eigenvalue weighted by molar-refractivity contribution is -0.120. The van der Waals surface area contributed by atoms with E-state index in [0.29, 0.717) is 6.54 Å². The van der Waals surface area contributed by atoms with Crippen LogP contribution in [0.4, 0.5) is 5.69 Å². The van der Waals surface area contributed by atoms with Crippen molar-refractivity contribution in [2.24, 2.45) is 13.0 Å². The predicted octanol–water partition coefficient (Wildman–Crippen LogP) is 2.45. The lowest BCUT2D eigenvalue weighted by atomic mass is 9.90. The van der Waals surface area contributed by atoms with Crippen molar-refractivity contribution in [1.29, 1.82) is 0 Å². The standard InChI is InChI=1S/C22H30N4O2/c1-16-5-6-19-18(14-16)4-3-10-26(19)20(27)15-25-11-7-17(8-12-25)21(28)22-23-9-13-24(22)2/h5-6,9,13-14,17,21,28H,3-4,7-8,10-12,15H2,1-2H3. The van der Waals surface area contributed by atoms with Gasteiger partial charge in [0.05, 0.1) is 6.54 Å². The number of piperidine rings is 1. The van der Waals surface area contributed by atoms with Gasteiger partial charge in [0.15, 0.2) is 0 Å². The molecule has 0 radical (unpaired) electrons. The van der Waals surface area contributed by atoms with Crippen LogP contribution < -0.4 is 4.90 Å². The van der Waals surface area contributed by atoms with Crippen LogP contribution in [0.5, 0.6) is 0 Å². The van der Waals surface area contributed by atoms with E-state index in [0.717, 1.165) is 56.8 Å². The fourth-order valence-corrected chi connectivity index (χ4v) is 4.56. The molecule has 6 nitrogen and oxygen atoms in total. The van der Waals surface area contributed by atoms with Crippen molar-refractivity contribution in [2.75, 3.05) is 31.1 Å². The smallest absolute Gasteiger partial charge is 0.241 e. The van der Waals surface area contributed by atoms with Gasteiger partial charge in [0.2, 0.25) is 5.91 Å². The van der Waals surface area contributed by atoms with E-state index in [1.165, 1.54) is 11.1 Å². The summed E-state index contributed by atoms with van der Waals surface area (Å²) in [5.41, 5.74) is 3.62. The minimum atomic E-state index is -0.532. The Morgan fingerprint density at radius 1 is 1.29 bits per heavy atom. The highest BCUT2D eigenvalue weighted by Crippen LogP contribution is 2.31. The molecule has 1 fully saturated rings. The summed E-state index contributed by atoms with van der Waals surface area (Å²) in [7, 11) is 1.91. The second kappa shape index (κ2) is 8.05. The van der Waals surface area contributed by atoms with Gasteiger partial charge in [-0.1, -0.05) is 17.7 Å². The zero-order valence-electron chi connectivity index (χ0n) is 16.8. The number of carbonyl (C=O) groups excluding carboxylic acids is 1. The fourth-order valence-electron chi connectivity index (χ4n) is 4.56. The molecule has 0 spiro atoms. The Morgan fingerprint density at radius 2 is 2.07 bits per heavy atom. The Hall–Kier alpha value is -2.18. The highest BCUT2D eigenvalue weighted by molar-refractivity contribution is 5.96. The fraction of sp³-hybridized carbons (Fsp3) is 0.545. The summed E-state index contributed by atoms with van der Waals surface area (Å²) >= 11 is 0. The van der Waals surface area contributed by atoms with E-state index in [2.05, 4.69) is 35.0 Å². The van der Waals surface area contributed by atoms with Crippen molar-refractivity contribution in [3.63, 3.8) is 0 Å². The number of rotatable bonds is 4. The molecule has 0 aliphatic carbocycles. The van der Waals surface area contributed by atoms with Crippen molar-refractivity contribution < 1.29 is 9.90 Å². The first-order chi connectivity index (χ1) is 13.5. The van der Waals surface area contributed by atoms with Gasteiger partial charge in [0.25, 0.3) is 0 Å². The summed E-state index contributed by atoms with van der Waals surface area (Å²) in [4.78, 5) is 21.5. The van der Waals surface area contributed by atoms with Gasteiger partial charge in [-0.25, -0.2) is 4.98 Å². The zero-order chi connectivity index (χ0) is 19.7. The number of benzene rings is 1. The first kappa shape index (κ1) is 19.2. The highest BCUT2D eigenvalue weighted by Gasteiger charge is 2.30. The van der Waals surface area contributed by atoms with Crippen molar-refractivity contribution in [2.45, 2.75) is 38.7 Å². The number of nitrogens with zero attached hydrogens (tertiary/aromatic N) is 4. The van der Waals surface area contributed by atoms with Crippen LogP contribution in [0.1, 0.15) is 42.3 Å². The number of fused-ring (bicyclic) bond motifs is 1. The molecule has 150 valence electrons. The Bertz CT molecular complexity index is 839. The molecular formula is C22H30N4O2. The van der Waals surface area contributed by atoms with Crippen molar-refractivity contribution >= 4 is 11.6 Å². The Labute approximate surface area is 166 Å². The van der Waals surface area contributed by atoms with E-state index < -0.39 is 6.10 Å². The molecule has 1 aromatic heterocycles. The van der Waals surface area contributed by atoms with E-state index in [1.54, 1.807) is 6.20 Å². The number of likely N-dealkylation sites (tertiary alicyclic amines) is 1. The average molecular weight is 383 g/mol. The lowest BCUT2D eigenvalue weighted by Crippen LogP contribution is -2.45. The first-order valence-electron chi connectivity index (χ1n) is 10.3. The molecule has 1 atom stereocenters. The number of aromatic nitrogens is 2. The number of anilines is 1. The third kappa shape index (κ3) is 3.84. The quantitative estimate of drug-likeness (QED) is 0.882. The number of amides is 1. The highest BCUT2D eigenvalue weighted by atomic mass is 16.3. The molecule has 6 heteroatoms. The van der Waals surface area contributed by atoms with Gasteiger partial charge in [-0.2, -0.15) is 0 Å². The molecule has 1 unspecified atom stereocenters. The van der Waals surface area contributed by atoms with Crippen LogP contribution in [-0.4, -0.2) is 51.6 Å². The topological polar surface area (TPSA) is 61.6 Å². The lowest BCUT2D eigenvalue weighted by Gasteiger charge is -2.36. The minimum Gasteiger partial charge on any atom is -0.385 e. The molecule has 0 bridgehead atoms. The van der Waals surface area contributed by atoms with Crippen LogP contribution in [0.2, 0.25) is 0 Å². The molecule has 3 heterocycles. The number of imidazole rings is 1. The third-order valence-corrected chi connectivity index (χ3v) is 6.22. The van der Waals surface area contributed by atoms with Crippen molar-refractivity contribution in [1.82, 2.24) is 14.5 Å². The van der Waals surface area contributed by atoms with Crippen LogP contribution >= 0.6 is 0 Å². The van der Waals surface area contributed by atoms with Crippen molar-refractivity contribution in [3.8, 4) is 0 Å². The molecule has 28 heavy (non-hydrogen) atoms. The molecule has 1 N–H and O–H groups in total. The average Bonchev–Trinajstić information content (AvgIpc) is 3.13. The van der Waals surface area contributed by atoms with E-state index in [1.807, 2.05) is 22.7 Å². The summed E-state index contributed by atoms with van der Waals surface area (Å²) in [6.07, 6.45) is 6.91. The normalized spacial score (nSPS) is 19.5. The van der Waals surface area contributed by atoms with E-state index in [9.17, 15) is 9.90 Å². The number of aryl methyl sites for hydroxylation is 3. The molecule has 2 aromatic rings. The molecular weight excluding hydrogens is 352 g/mol. The number of aliphatic hydroxyl groups is 1. The van der Waals surface area contributed by atoms with Gasteiger partial charge in [-0.05, 0) is 63.2 Å². The maximum absolute atomic E-state index is 13.0. The number of aliphatic hydroxyl groups excluding tert-OH is 1. The van der Waals surface area contributed by atoms with Gasteiger partial charge in [0.1, 0.15) is 11.9 Å². The number of hydrogen-bond acceptors (Lipinski definition) is 4. The van der Waals surface area contributed by atoms with Crippen LogP contribution in [0.3, 0.4) is 0 Å². The summed E-state index contributed by atoms with van der Waals surface area (Å²) < 4.78 is 1.89. The van der Waals surface area contributed by atoms with E-state index >= 15 is 0 Å². The van der Waals surface area contributed by atoms with Crippen LogP contribution in [0, 0.1) is 12.8 Å². The van der Waals surface area contributed by atoms with Gasteiger partial charge >= 0.3 is 0 Å². The van der Waals surface area contributed by atoms with E-state index in [-0.39, 0.29) is 11.8 Å². The Balaban J connectivity index is 1.34. The van der Waals surface area contributed by atoms with Crippen LogP contribution in [0.25, 0.3) is 0 Å². The largest absolute Gasteiger partial charge is 0.385 e.